The molecule has 0 saturated heterocycles. The van der Waals surface area contributed by atoms with Crippen LogP contribution in [0.4, 0.5) is 0 Å². The molecule has 2 aromatic rings. The lowest BCUT2D eigenvalue weighted by atomic mass is 10.3. The second kappa shape index (κ2) is 7.02. The minimum atomic E-state index is 0.644. The molecular formula is C13H11BrClNOS. The molecule has 0 unspecified atom stereocenters. The summed E-state index contributed by atoms with van der Waals surface area (Å²) in [5.41, 5.74) is 0. The monoisotopic (exact) mass is 343 g/mol. The van der Waals surface area contributed by atoms with E-state index in [0.29, 0.717) is 11.6 Å². The van der Waals surface area contributed by atoms with E-state index in [1.165, 1.54) is 0 Å². The van der Waals surface area contributed by atoms with E-state index in [4.69, 9.17) is 16.3 Å². The number of rotatable bonds is 5. The van der Waals surface area contributed by atoms with Gasteiger partial charge in [-0.15, -0.1) is 11.8 Å². The van der Waals surface area contributed by atoms with Crippen LogP contribution in [-0.4, -0.2) is 17.3 Å². The van der Waals surface area contributed by atoms with Crippen LogP contribution < -0.4 is 4.74 Å². The van der Waals surface area contributed by atoms with Crippen LogP contribution in [0.5, 0.6) is 5.75 Å². The van der Waals surface area contributed by atoms with Gasteiger partial charge in [0.1, 0.15) is 5.75 Å². The Balaban J connectivity index is 1.74. The number of thioether (sulfide) groups is 1. The largest absolute Gasteiger partial charge is 0.493 e. The average molecular weight is 345 g/mol. The summed E-state index contributed by atoms with van der Waals surface area (Å²) in [5, 5.41) is 1.61. The van der Waals surface area contributed by atoms with Crippen molar-refractivity contribution in [1.82, 2.24) is 4.98 Å². The van der Waals surface area contributed by atoms with Crippen LogP contribution in [0.25, 0.3) is 0 Å². The van der Waals surface area contributed by atoms with Gasteiger partial charge in [0.25, 0.3) is 0 Å². The Hall–Kier alpha value is -0.710. The molecule has 0 atom stereocenters. The molecule has 2 nitrogen and oxygen atoms in total. The van der Waals surface area contributed by atoms with E-state index >= 15 is 0 Å². The fourth-order valence-corrected chi connectivity index (χ4v) is 2.47. The maximum Gasteiger partial charge on any atom is 0.120 e. The molecule has 0 fully saturated rings. The van der Waals surface area contributed by atoms with Gasteiger partial charge in [-0.05, 0) is 30.3 Å². The molecule has 0 spiro atoms. The van der Waals surface area contributed by atoms with Gasteiger partial charge >= 0.3 is 0 Å². The van der Waals surface area contributed by atoms with Gasteiger partial charge in [-0.2, -0.15) is 0 Å². The van der Waals surface area contributed by atoms with Crippen molar-refractivity contribution >= 4 is 39.3 Å². The highest BCUT2D eigenvalue weighted by Crippen LogP contribution is 2.20. The van der Waals surface area contributed by atoms with Gasteiger partial charge in [0, 0.05) is 16.4 Å². The summed E-state index contributed by atoms with van der Waals surface area (Å²) < 4.78 is 6.65. The SMILES string of the molecule is Clc1ccc(SCCOc2cccc(Br)c2)nc1. The van der Waals surface area contributed by atoms with Crippen LogP contribution in [0, 0.1) is 0 Å². The zero-order valence-electron chi connectivity index (χ0n) is 9.48. The molecule has 0 bridgehead atoms. The van der Waals surface area contributed by atoms with Gasteiger partial charge in [0.15, 0.2) is 0 Å². The third-order valence-electron chi connectivity index (χ3n) is 2.10. The second-order valence-electron chi connectivity index (χ2n) is 3.47. The maximum absolute atomic E-state index is 5.77. The van der Waals surface area contributed by atoms with Crippen LogP contribution in [0.15, 0.2) is 52.1 Å². The number of aromatic nitrogens is 1. The van der Waals surface area contributed by atoms with Crippen molar-refractivity contribution in [3.05, 3.63) is 52.1 Å². The maximum atomic E-state index is 5.77. The smallest absolute Gasteiger partial charge is 0.120 e. The minimum absolute atomic E-state index is 0.644. The van der Waals surface area contributed by atoms with Crippen LogP contribution >= 0.6 is 39.3 Å². The summed E-state index contributed by atoms with van der Waals surface area (Å²) in [6.45, 7) is 0.644. The zero-order chi connectivity index (χ0) is 12.8. The topological polar surface area (TPSA) is 22.1 Å². The first kappa shape index (κ1) is 13.7. The first-order chi connectivity index (χ1) is 8.74. The quantitative estimate of drug-likeness (QED) is 0.581. The molecule has 0 aliphatic heterocycles. The van der Waals surface area contributed by atoms with E-state index < -0.39 is 0 Å². The lowest BCUT2D eigenvalue weighted by molar-refractivity contribution is 0.343. The van der Waals surface area contributed by atoms with Gasteiger partial charge in [-0.1, -0.05) is 33.6 Å². The molecule has 18 heavy (non-hydrogen) atoms. The third-order valence-corrected chi connectivity index (χ3v) is 3.72. The van der Waals surface area contributed by atoms with E-state index in [2.05, 4.69) is 20.9 Å². The zero-order valence-corrected chi connectivity index (χ0v) is 12.6. The van der Waals surface area contributed by atoms with Crippen molar-refractivity contribution in [3.8, 4) is 5.75 Å². The summed E-state index contributed by atoms with van der Waals surface area (Å²) in [6, 6.07) is 11.6. The average Bonchev–Trinajstić information content (AvgIpc) is 2.37. The first-order valence-electron chi connectivity index (χ1n) is 5.37. The molecule has 0 aliphatic rings. The second-order valence-corrected chi connectivity index (χ2v) is 5.94. The highest BCUT2D eigenvalue weighted by molar-refractivity contribution is 9.10. The van der Waals surface area contributed by atoms with Crippen molar-refractivity contribution in [2.45, 2.75) is 5.03 Å². The number of ether oxygens (including phenoxy) is 1. The Morgan fingerprint density at radius 2 is 2.17 bits per heavy atom. The highest BCUT2D eigenvalue weighted by atomic mass is 79.9. The van der Waals surface area contributed by atoms with Gasteiger partial charge < -0.3 is 4.74 Å². The van der Waals surface area contributed by atoms with Gasteiger partial charge in [0.2, 0.25) is 0 Å². The number of benzene rings is 1. The highest BCUT2D eigenvalue weighted by Gasteiger charge is 1.98. The summed E-state index contributed by atoms with van der Waals surface area (Å²) in [4.78, 5) is 4.20. The molecule has 1 aromatic heterocycles. The first-order valence-corrected chi connectivity index (χ1v) is 7.52. The van der Waals surface area contributed by atoms with E-state index in [1.807, 2.05) is 36.4 Å². The Morgan fingerprint density at radius 1 is 1.28 bits per heavy atom. The van der Waals surface area contributed by atoms with E-state index in [1.54, 1.807) is 18.0 Å². The molecule has 5 heteroatoms. The van der Waals surface area contributed by atoms with Gasteiger partial charge in [0.05, 0.1) is 16.7 Å². The molecule has 94 valence electrons. The van der Waals surface area contributed by atoms with Crippen LogP contribution in [0.2, 0.25) is 5.02 Å². The van der Waals surface area contributed by atoms with Crippen molar-refractivity contribution in [2.75, 3.05) is 12.4 Å². The summed E-state index contributed by atoms with van der Waals surface area (Å²) in [6.07, 6.45) is 1.65. The predicted octanol–water partition coefficient (Wildman–Crippen LogP) is 4.67. The third kappa shape index (κ3) is 4.52. The molecule has 2 rings (SSSR count). The summed E-state index contributed by atoms with van der Waals surface area (Å²) in [7, 11) is 0. The normalized spacial score (nSPS) is 10.3. The van der Waals surface area contributed by atoms with Crippen molar-refractivity contribution in [1.29, 1.82) is 0 Å². The van der Waals surface area contributed by atoms with Crippen LogP contribution in [0.1, 0.15) is 0 Å². The number of pyridine rings is 1. The van der Waals surface area contributed by atoms with Gasteiger partial charge in [-0.25, -0.2) is 4.98 Å². The van der Waals surface area contributed by atoms with Crippen molar-refractivity contribution in [2.24, 2.45) is 0 Å². The van der Waals surface area contributed by atoms with Crippen molar-refractivity contribution in [3.63, 3.8) is 0 Å². The fourth-order valence-electron chi connectivity index (χ4n) is 1.31. The van der Waals surface area contributed by atoms with E-state index in [-0.39, 0.29) is 0 Å². The Morgan fingerprint density at radius 3 is 2.89 bits per heavy atom. The minimum Gasteiger partial charge on any atom is -0.493 e. The van der Waals surface area contributed by atoms with E-state index in [9.17, 15) is 0 Å². The Bertz CT molecular complexity index is 507. The number of hydrogen-bond donors (Lipinski definition) is 0. The number of hydrogen-bond acceptors (Lipinski definition) is 3. The molecule has 0 aliphatic carbocycles. The summed E-state index contributed by atoms with van der Waals surface area (Å²) in [5.74, 6) is 1.72. The lowest BCUT2D eigenvalue weighted by Gasteiger charge is -2.06. The van der Waals surface area contributed by atoms with Crippen LogP contribution in [0.3, 0.4) is 0 Å². The Labute approximate surface area is 124 Å². The number of nitrogens with zero attached hydrogens (tertiary/aromatic N) is 1. The Kier molecular flexibility index (Phi) is 5.35. The molecule has 1 aromatic carbocycles. The molecule has 0 amide bonds. The lowest BCUT2D eigenvalue weighted by Crippen LogP contribution is -2.00. The molecule has 0 N–H and O–H groups in total. The van der Waals surface area contributed by atoms with Crippen molar-refractivity contribution < 1.29 is 4.74 Å². The standard InChI is InChI=1S/C13H11BrClNOS/c14-10-2-1-3-12(8-10)17-6-7-18-13-5-4-11(15)9-16-13/h1-5,8-9H,6-7H2. The van der Waals surface area contributed by atoms with Gasteiger partial charge in [-0.3, -0.25) is 0 Å². The number of halogens is 2. The molecule has 1 heterocycles. The fraction of sp³-hybridized carbons (Fsp3) is 0.154. The molecule has 0 saturated carbocycles. The summed E-state index contributed by atoms with van der Waals surface area (Å²) >= 11 is 10.8. The molecule has 0 radical (unpaired) electrons. The van der Waals surface area contributed by atoms with Crippen LogP contribution in [-0.2, 0) is 0 Å². The molecular weight excluding hydrogens is 334 g/mol. The predicted molar refractivity (Wildman–Crippen MR) is 79.6 cm³/mol. The van der Waals surface area contributed by atoms with E-state index in [0.717, 1.165) is 21.0 Å².